The minimum atomic E-state index is 0.938. The maximum Gasteiger partial charge on any atom is -0.0203 e. The van der Waals surface area contributed by atoms with E-state index in [0.29, 0.717) is 0 Å². The van der Waals surface area contributed by atoms with Crippen molar-refractivity contribution in [2.45, 2.75) is 51.9 Å². The maximum absolute atomic E-state index is 3.84. The smallest absolute Gasteiger partial charge is 0.0203 e. The lowest BCUT2D eigenvalue weighted by Gasteiger charge is -2.28. The van der Waals surface area contributed by atoms with Crippen LogP contribution in [0.3, 0.4) is 0 Å². The molecule has 0 heterocycles. The van der Waals surface area contributed by atoms with Crippen molar-refractivity contribution in [1.29, 1.82) is 0 Å². The highest BCUT2D eigenvalue weighted by molar-refractivity contribution is 5.25. The average molecular weight is 190 g/mol. The molecule has 2 aliphatic rings. The molecule has 2 rings (SSSR count). The summed E-state index contributed by atoms with van der Waals surface area (Å²) in [7, 11) is 0. The molecule has 78 valence electrons. The van der Waals surface area contributed by atoms with Crippen molar-refractivity contribution in [2.75, 3.05) is 0 Å². The van der Waals surface area contributed by atoms with Crippen molar-refractivity contribution in [3.05, 3.63) is 23.8 Å². The van der Waals surface area contributed by atoms with E-state index in [2.05, 4.69) is 19.6 Å². The van der Waals surface area contributed by atoms with E-state index in [-0.39, 0.29) is 0 Å². The van der Waals surface area contributed by atoms with E-state index in [4.69, 9.17) is 0 Å². The Balaban J connectivity index is 1.83. The normalized spacial score (nSPS) is 31.4. The lowest BCUT2D eigenvalue weighted by Crippen LogP contribution is -2.15. The highest BCUT2D eigenvalue weighted by atomic mass is 14.3. The maximum atomic E-state index is 3.84. The fraction of sp³-hybridized carbons (Fsp3) is 0.714. The number of allylic oxidation sites excluding steroid dienone is 3. The first-order chi connectivity index (χ1) is 6.81. The molecule has 0 heteroatoms. The molecule has 0 aliphatic heterocycles. The van der Waals surface area contributed by atoms with Crippen LogP contribution in [-0.4, -0.2) is 0 Å². The van der Waals surface area contributed by atoms with Gasteiger partial charge in [-0.1, -0.05) is 17.2 Å². The Morgan fingerprint density at radius 2 is 1.93 bits per heavy atom. The Bertz CT molecular complexity index is 233. The van der Waals surface area contributed by atoms with Gasteiger partial charge in [0.2, 0.25) is 0 Å². The fourth-order valence-electron chi connectivity index (χ4n) is 2.81. The number of rotatable bonds is 3. The highest BCUT2D eigenvalue weighted by Gasteiger charge is 2.25. The van der Waals surface area contributed by atoms with Crippen LogP contribution in [0.1, 0.15) is 51.9 Å². The molecule has 0 radical (unpaired) electrons. The Labute approximate surface area is 88.1 Å². The van der Waals surface area contributed by atoms with Gasteiger partial charge >= 0.3 is 0 Å². The molecule has 0 N–H and O–H groups in total. The lowest BCUT2D eigenvalue weighted by atomic mass is 9.77. The molecule has 0 aromatic carbocycles. The van der Waals surface area contributed by atoms with E-state index >= 15 is 0 Å². The molecule has 2 saturated carbocycles. The Morgan fingerprint density at radius 3 is 2.43 bits per heavy atom. The van der Waals surface area contributed by atoms with Crippen molar-refractivity contribution >= 4 is 0 Å². The van der Waals surface area contributed by atoms with Crippen molar-refractivity contribution < 1.29 is 0 Å². The molecule has 0 bridgehead atoms. The van der Waals surface area contributed by atoms with Gasteiger partial charge in [-0.2, -0.15) is 0 Å². The van der Waals surface area contributed by atoms with E-state index in [0.717, 1.165) is 11.8 Å². The first-order valence-electron chi connectivity index (χ1n) is 6.10. The van der Waals surface area contributed by atoms with Gasteiger partial charge in [0.15, 0.2) is 0 Å². The van der Waals surface area contributed by atoms with Gasteiger partial charge in [-0.3, -0.25) is 0 Å². The first-order valence-corrected chi connectivity index (χ1v) is 6.10. The summed E-state index contributed by atoms with van der Waals surface area (Å²) in [6, 6.07) is 0. The Morgan fingerprint density at radius 1 is 1.29 bits per heavy atom. The molecule has 0 amide bonds. The topological polar surface area (TPSA) is 0 Å². The van der Waals surface area contributed by atoms with E-state index < -0.39 is 0 Å². The zero-order chi connectivity index (χ0) is 9.97. The van der Waals surface area contributed by atoms with Crippen LogP contribution in [-0.2, 0) is 0 Å². The third kappa shape index (κ3) is 2.29. The zero-order valence-corrected chi connectivity index (χ0v) is 9.39. The summed E-state index contributed by atoms with van der Waals surface area (Å²) < 4.78 is 0. The summed E-state index contributed by atoms with van der Waals surface area (Å²) in [4.78, 5) is 0. The minimum Gasteiger partial charge on any atom is -0.103 e. The van der Waals surface area contributed by atoms with Crippen molar-refractivity contribution in [2.24, 2.45) is 11.8 Å². The summed E-state index contributed by atoms with van der Waals surface area (Å²) in [5.41, 5.74) is 3.53. The van der Waals surface area contributed by atoms with Crippen LogP contribution < -0.4 is 0 Å². The van der Waals surface area contributed by atoms with Crippen LogP contribution in [0.4, 0.5) is 0 Å². The molecule has 0 aromatic rings. The fourth-order valence-corrected chi connectivity index (χ4v) is 2.81. The van der Waals surface area contributed by atoms with Crippen LogP contribution in [0.2, 0.25) is 0 Å². The monoisotopic (exact) mass is 190 g/mol. The standard InChI is InChI=1S/C14H22/c1-3-4-12-5-7-13(8-6-12)11(2)14-9-10-14/h3,12-13H,1,4-10H2,2H3. The SMILES string of the molecule is C=CCC1CCC(C(C)=C2CC2)CC1. The second-order valence-corrected chi connectivity index (χ2v) is 5.03. The quantitative estimate of drug-likeness (QED) is 0.576. The summed E-state index contributed by atoms with van der Waals surface area (Å²) >= 11 is 0. The van der Waals surface area contributed by atoms with Crippen molar-refractivity contribution in [3.63, 3.8) is 0 Å². The summed E-state index contributed by atoms with van der Waals surface area (Å²) in [5, 5.41) is 0. The molecule has 0 spiro atoms. The lowest BCUT2D eigenvalue weighted by molar-refractivity contribution is 0.303. The summed E-state index contributed by atoms with van der Waals surface area (Å²) in [5.74, 6) is 1.88. The largest absolute Gasteiger partial charge is 0.103 e. The van der Waals surface area contributed by atoms with Gasteiger partial charge in [-0.05, 0) is 63.7 Å². The van der Waals surface area contributed by atoms with Gasteiger partial charge in [0.1, 0.15) is 0 Å². The van der Waals surface area contributed by atoms with E-state index in [1.807, 2.05) is 0 Å². The molecular formula is C14H22. The number of hydrogen-bond donors (Lipinski definition) is 0. The molecule has 0 nitrogen and oxygen atoms in total. The Kier molecular flexibility index (Phi) is 3.10. The molecular weight excluding hydrogens is 168 g/mol. The predicted molar refractivity (Wildman–Crippen MR) is 62.2 cm³/mol. The van der Waals surface area contributed by atoms with Crippen molar-refractivity contribution in [3.8, 4) is 0 Å². The zero-order valence-electron chi connectivity index (χ0n) is 9.39. The van der Waals surface area contributed by atoms with Gasteiger partial charge in [0.25, 0.3) is 0 Å². The average Bonchev–Trinajstić information content (AvgIpc) is 3.02. The molecule has 2 aliphatic carbocycles. The minimum absolute atomic E-state index is 0.938. The molecule has 14 heavy (non-hydrogen) atoms. The van der Waals surface area contributed by atoms with Crippen LogP contribution in [0.15, 0.2) is 23.8 Å². The second-order valence-electron chi connectivity index (χ2n) is 5.03. The van der Waals surface area contributed by atoms with Crippen LogP contribution in [0.25, 0.3) is 0 Å². The third-order valence-corrected chi connectivity index (χ3v) is 4.02. The first kappa shape index (κ1) is 10.0. The van der Waals surface area contributed by atoms with Gasteiger partial charge in [0, 0.05) is 0 Å². The van der Waals surface area contributed by atoms with Crippen LogP contribution in [0.5, 0.6) is 0 Å². The molecule has 2 fully saturated rings. The van der Waals surface area contributed by atoms with E-state index in [9.17, 15) is 0 Å². The van der Waals surface area contributed by atoms with E-state index in [1.54, 1.807) is 11.1 Å². The van der Waals surface area contributed by atoms with Crippen LogP contribution >= 0.6 is 0 Å². The highest BCUT2D eigenvalue weighted by Crippen LogP contribution is 2.41. The molecule has 0 saturated heterocycles. The van der Waals surface area contributed by atoms with E-state index in [1.165, 1.54) is 44.9 Å². The van der Waals surface area contributed by atoms with Gasteiger partial charge < -0.3 is 0 Å². The van der Waals surface area contributed by atoms with Gasteiger partial charge in [-0.15, -0.1) is 6.58 Å². The summed E-state index contributed by atoms with van der Waals surface area (Å²) in [6.45, 7) is 6.21. The number of hydrogen-bond acceptors (Lipinski definition) is 0. The molecule has 0 unspecified atom stereocenters. The summed E-state index contributed by atoms with van der Waals surface area (Å²) in [6.07, 6.45) is 11.9. The predicted octanol–water partition coefficient (Wildman–Crippen LogP) is 4.48. The van der Waals surface area contributed by atoms with Gasteiger partial charge in [-0.25, -0.2) is 0 Å². The van der Waals surface area contributed by atoms with Gasteiger partial charge in [0.05, 0.1) is 0 Å². The van der Waals surface area contributed by atoms with Crippen molar-refractivity contribution in [1.82, 2.24) is 0 Å². The molecule has 0 atom stereocenters. The second kappa shape index (κ2) is 4.33. The Hall–Kier alpha value is -0.520. The van der Waals surface area contributed by atoms with Crippen LogP contribution in [0, 0.1) is 11.8 Å². The third-order valence-electron chi connectivity index (χ3n) is 4.02. The molecule has 0 aromatic heterocycles.